The maximum absolute atomic E-state index is 13.4. The van der Waals surface area contributed by atoms with Crippen molar-refractivity contribution in [1.82, 2.24) is 0 Å². The first-order valence-electron chi connectivity index (χ1n) is 9.97. The second kappa shape index (κ2) is 9.02. The molecule has 162 valence electrons. The summed E-state index contributed by atoms with van der Waals surface area (Å²) in [7, 11) is -4.03. The molecule has 0 radical (unpaired) electrons. The molecular formula is C25H21ClN2O3S. The SMILES string of the molecule is Cc1ccc(S(=O)(=O)N(CC(=O)Nc2ccc3ccccc3c2)c2ccccc2Cl)cc1. The van der Waals surface area contributed by atoms with Crippen LogP contribution in [0.25, 0.3) is 10.8 Å². The molecule has 0 aliphatic rings. The van der Waals surface area contributed by atoms with Crippen LogP contribution in [-0.4, -0.2) is 20.9 Å². The van der Waals surface area contributed by atoms with Gasteiger partial charge in [0.1, 0.15) is 6.54 Å². The summed E-state index contributed by atoms with van der Waals surface area (Å²) in [6, 6.07) is 26.4. The predicted molar refractivity (Wildman–Crippen MR) is 130 cm³/mol. The first kappa shape index (κ1) is 21.9. The number of benzene rings is 4. The second-order valence-corrected chi connectivity index (χ2v) is 9.66. The monoisotopic (exact) mass is 464 g/mol. The highest BCUT2D eigenvalue weighted by atomic mass is 35.5. The van der Waals surface area contributed by atoms with Crippen molar-refractivity contribution in [2.75, 3.05) is 16.2 Å². The summed E-state index contributed by atoms with van der Waals surface area (Å²) >= 11 is 6.31. The van der Waals surface area contributed by atoms with Crippen molar-refractivity contribution in [1.29, 1.82) is 0 Å². The first-order chi connectivity index (χ1) is 15.3. The predicted octanol–water partition coefficient (Wildman–Crippen LogP) is 5.64. The largest absolute Gasteiger partial charge is 0.324 e. The molecule has 0 heterocycles. The van der Waals surface area contributed by atoms with E-state index >= 15 is 0 Å². The van der Waals surface area contributed by atoms with Crippen molar-refractivity contribution < 1.29 is 13.2 Å². The molecule has 7 heteroatoms. The molecule has 0 saturated carbocycles. The van der Waals surface area contributed by atoms with Crippen molar-refractivity contribution in [2.24, 2.45) is 0 Å². The number of carbonyl (C=O) groups is 1. The zero-order valence-electron chi connectivity index (χ0n) is 17.3. The maximum Gasteiger partial charge on any atom is 0.264 e. The molecule has 1 N–H and O–H groups in total. The summed E-state index contributed by atoms with van der Waals surface area (Å²) in [5.74, 6) is -0.476. The normalized spacial score (nSPS) is 11.3. The lowest BCUT2D eigenvalue weighted by molar-refractivity contribution is -0.114. The highest BCUT2D eigenvalue weighted by Crippen LogP contribution is 2.30. The molecule has 0 aliphatic carbocycles. The van der Waals surface area contributed by atoms with E-state index in [0.29, 0.717) is 5.69 Å². The van der Waals surface area contributed by atoms with Crippen LogP contribution in [0, 0.1) is 6.92 Å². The van der Waals surface area contributed by atoms with Gasteiger partial charge in [-0.1, -0.05) is 71.8 Å². The second-order valence-electron chi connectivity index (χ2n) is 7.39. The van der Waals surface area contributed by atoms with Gasteiger partial charge in [0, 0.05) is 5.69 Å². The smallest absolute Gasteiger partial charge is 0.264 e. The molecule has 0 spiro atoms. The lowest BCUT2D eigenvalue weighted by Gasteiger charge is -2.25. The van der Waals surface area contributed by atoms with E-state index in [0.717, 1.165) is 20.6 Å². The minimum Gasteiger partial charge on any atom is -0.324 e. The molecule has 4 aromatic carbocycles. The van der Waals surface area contributed by atoms with E-state index in [1.165, 1.54) is 12.1 Å². The van der Waals surface area contributed by atoms with Crippen LogP contribution in [-0.2, 0) is 14.8 Å². The first-order valence-corrected chi connectivity index (χ1v) is 11.8. The summed E-state index contributed by atoms with van der Waals surface area (Å²) in [5.41, 5.74) is 1.76. The quantitative estimate of drug-likeness (QED) is 0.401. The maximum atomic E-state index is 13.4. The molecular weight excluding hydrogens is 444 g/mol. The van der Waals surface area contributed by atoms with Crippen molar-refractivity contribution in [3.63, 3.8) is 0 Å². The Labute approximate surface area is 192 Å². The minimum absolute atomic E-state index is 0.0847. The number of aryl methyl sites for hydroxylation is 1. The number of amides is 1. The van der Waals surface area contributed by atoms with Gasteiger partial charge in [0.05, 0.1) is 15.6 Å². The summed E-state index contributed by atoms with van der Waals surface area (Å²) in [5, 5.41) is 5.06. The number of nitrogens with zero attached hydrogens (tertiary/aromatic N) is 1. The number of fused-ring (bicyclic) bond motifs is 1. The van der Waals surface area contributed by atoms with Gasteiger partial charge < -0.3 is 5.32 Å². The molecule has 0 fully saturated rings. The van der Waals surface area contributed by atoms with Crippen LogP contribution in [0.4, 0.5) is 11.4 Å². The van der Waals surface area contributed by atoms with E-state index in [4.69, 9.17) is 11.6 Å². The zero-order chi connectivity index (χ0) is 22.7. The topological polar surface area (TPSA) is 66.5 Å². The van der Waals surface area contributed by atoms with Gasteiger partial charge in [-0.15, -0.1) is 0 Å². The lowest BCUT2D eigenvalue weighted by atomic mass is 10.1. The van der Waals surface area contributed by atoms with Crippen LogP contribution < -0.4 is 9.62 Å². The van der Waals surface area contributed by atoms with E-state index in [9.17, 15) is 13.2 Å². The number of hydrogen-bond acceptors (Lipinski definition) is 3. The number of sulfonamides is 1. The van der Waals surface area contributed by atoms with Crippen LogP contribution in [0.2, 0.25) is 5.02 Å². The van der Waals surface area contributed by atoms with Gasteiger partial charge in [-0.05, 0) is 54.1 Å². The fourth-order valence-corrected chi connectivity index (χ4v) is 5.12. The highest BCUT2D eigenvalue weighted by molar-refractivity contribution is 7.92. The lowest BCUT2D eigenvalue weighted by Crippen LogP contribution is -2.38. The average molecular weight is 465 g/mol. The Balaban J connectivity index is 1.66. The molecule has 0 aromatic heterocycles. The van der Waals surface area contributed by atoms with E-state index in [1.54, 1.807) is 42.5 Å². The Kier molecular flexibility index (Phi) is 6.17. The fourth-order valence-electron chi connectivity index (χ4n) is 3.39. The van der Waals surface area contributed by atoms with Gasteiger partial charge in [-0.25, -0.2) is 8.42 Å². The molecule has 0 bridgehead atoms. The molecule has 0 atom stereocenters. The van der Waals surface area contributed by atoms with Crippen LogP contribution in [0.3, 0.4) is 0 Å². The third kappa shape index (κ3) is 4.61. The number of halogens is 1. The van der Waals surface area contributed by atoms with Crippen molar-refractivity contribution in [3.8, 4) is 0 Å². The van der Waals surface area contributed by atoms with Crippen LogP contribution in [0.1, 0.15) is 5.56 Å². The zero-order valence-corrected chi connectivity index (χ0v) is 18.9. The summed E-state index contributed by atoms with van der Waals surface area (Å²) < 4.78 is 27.9. The fraction of sp³-hybridized carbons (Fsp3) is 0.0800. The van der Waals surface area contributed by atoms with Gasteiger partial charge >= 0.3 is 0 Å². The summed E-state index contributed by atoms with van der Waals surface area (Å²) in [6.45, 7) is 1.45. The Morgan fingerprint density at radius 1 is 0.875 bits per heavy atom. The third-order valence-electron chi connectivity index (χ3n) is 5.05. The third-order valence-corrected chi connectivity index (χ3v) is 7.14. The highest BCUT2D eigenvalue weighted by Gasteiger charge is 2.28. The Hall–Kier alpha value is -3.35. The molecule has 5 nitrogen and oxygen atoms in total. The van der Waals surface area contributed by atoms with E-state index in [1.807, 2.05) is 43.3 Å². The molecule has 0 unspecified atom stereocenters. The Morgan fingerprint density at radius 3 is 2.25 bits per heavy atom. The van der Waals surface area contributed by atoms with E-state index < -0.39 is 22.5 Å². The van der Waals surface area contributed by atoms with Crippen molar-refractivity contribution in [2.45, 2.75) is 11.8 Å². The van der Waals surface area contributed by atoms with Gasteiger partial charge in [0.2, 0.25) is 5.91 Å². The molecule has 4 aromatic rings. The van der Waals surface area contributed by atoms with Gasteiger partial charge in [0.25, 0.3) is 10.0 Å². The summed E-state index contributed by atoms with van der Waals surface area (Å²) in [4.78, 5) is 13.0. The minimum atomic E-state index is -4.03. The van der Waals surface area contributed by atoms with Crippen LogP contribution in [0.15, 0.2) is 95.9 Å². The van der Waals surface area contributed by atoms with E-state index in [2.05, 4.69) is 5.32 Å². The molecule has 32 heavy (non-hydrogen) atoms. The van der Waals surface area contributed by atoms with Gasteiger partial charge in [0.15, 0.2) is 0 Å². The average Bonchev–Trinajstić information content (AvgIpc) is 2.78. The van der Waals surface area contributed by atoms with Crippen molar-refractivity contribution >= 4 is 49.7 Å². The van der Waals surface area contributed by atoms with Crippen molar-refractivity contribution in [3.05, 3.63) is 102 Å². The molecule has 1 amide bonds. The Bertz CT molecular complexity index is 1390. The number of hydrogen-bond donors (Lipinski definition) is 1. The molecule has 0 saturated heterocycles. The summed E-state index contributed by atoms with van der Waals surface area (Å²) in [6.07, 6.45) is 0. The van der Waals surface area contributed by atoms with Crippen LogP contribution in [0.5, 0.6) is 0 Å². The number of rotatable bonds is 6. The van der Waals surface area contributed by atoms with E-state index in [-0.39, 0.29) is 15.6 Å². The standard InChI is InChI=1S/C25H21ClN2O3S/c1-18-10-14-22(15-11-18)32(30,31)28(24-9-5-4-8-23(24)26)17-25(29)27-21-13-12-19-6-2-3-7-20(19)16-21/h2-16H,17H2,1H3,(H,27,29). The van der Waals surface area contributed by atoms with Gasteiger partial charge in [-0.3, -0.25) is 9.10 Å². The Morgan fingerprint density at radius 2 is 1.53 bits per heavy atom. The number of para-hydroxylation sites is 1. The van der Waals surface area contributed by atoms with Gasteiger partial charge in [-0.2, -0.15) is 0 Å². The van der Waals surface area contributed by atoms with Crippen LogP contribution >= 0.6 is 11.6 Å². The molecule has 4 rings (SSSR count). The number of nitrogens with one attached hydrogen (secondary N) is 1. The number of anilines is 2. The molecule has 0 aliphatic heterocycles. The number of carbonyl (C=O) groups excluding carboxylic acids is 1.